The zero-order valence-corrected chi connectivity index (χ0v) is 14.9. The maximum Gasteiger partial charge on any atom is 0.274 e. The number of hydrazone groups is 1. The standard InChI is InChI=1S/C18H13ClN2OS2/c19-14-5-3-12(4-6-14)18(22)21-16(17-2-1-8-24-17)10-15(20-21)13-7-9-23-11-13/h1-9,11,16H,10H2/t16-/m1/s1. The molecular weight excluding hydrogens is 360 g/mol. The van der Waals surface area contributed by atoms with Gasteiger partial charge in [-0.3, -0.25) is 4.79 Å². The molecule has 1 atom stereocenters. The maximum atomic E-state index is 13.0. The Bertz CT molecular complexity index is 870. The van der Waals surface area contributed by atoms with E-state index in [0.29, 0.717) is 10.6 Å². The molecule has 3 heterocycles. The van der Waals surface area contributed by atoms with Gasteiger partial charge in [-0.05, 0) is 52.5 Å². The molecule has 2 aromatic heterocycles. The predicted octanol–water partition coefficient (Wildman–Crippen LogP) is 5.45. The second-order valence-corrected chi connectivity index (χ2v) is 7.65. The normalized spacial score (nSPS) is 17.1. The molecule has 120 valence electrons. The van der Waals surface area contributed by atoms with Crippen molar-refractivity contribution in [3.05, 3.63) is 79.6 Å². The van der Waals surface area contributed by atoms with Gasteiger partial charge in [-0.2, -0.15) is 16.4 Å². The Labute approximate surface area is 152 Å². The van der Waals surface area contributed by atoms with Crippen LogP contribution in [0.15, 0.2) is 63.7 Å². The van der Waals surface area contributed by atoms with Crippen molar-refractivity contribution in [2.24, 2.45) is 5.10 Å². The van der Waals surface area contributed by atoms with Crippen LogP contribution in [0.3, 0.4) is 0 Å². The summed E-state index contributed by atoms with van der Waals surface area (Å²) in [6.07, 6.45) is 0.733. The summed E-state index contributed by atoms with van der Waals surface area (Å²) in [6, 6.07) is 13.0. The van der Waals surface area contributed by atoms with E-state index in [-0.39, 0.29) is 11.9 Å². The molecule has 3 nitrogen and oxygen atoms in total. The second-order valence-electron chi connectivity index (χ2n) is 5.45. The van der Waals surface area contributed by atoms with Crippen LogP contribution in [-0.2, 0) is 0 Å². The summed E-state index contributed by atoms with van der Waals surface area (Å²) in [4.78, 5) is 14.1. The average molecular weight is 373 g/mol. The molecule has 1 amide bonds. The fourth-order valence-corrected chi connectivity index (χ4v) is 4.33. The summed E-state index contributed by atoms with van der Waals surface area (Å²) < 4.78 is 0. The predicted molar refractivity (Wildman–Crippen MR) is 100 cm³/mol. The van der Waals surface area contributed by atoms with Gasteiger partial charge < -0.3 is 0 Å². The molecule has 1 aliphatic rings. The third kappa shape index (κ3) is 2.90. The Kier molecular flexibility index (Phi) is 4.22. The first-order valence-corrected chi connectivity index (χ1v) is 9.65. The molecule has 1 aromatic carbocycles. The van der Waals surface area contributed by atoms with E-state index in [9.17, 15) is 4.79 Å². The van der Waals surface area contributed by atoms with E-state index in [4.69, 9.17) is 11.6 Å². The van der Waals surface area contributed by atoms with E-state index in [1.807, 2.05) is 22.9 Å². The summed E-state index contributed by atoms with van der Waals surface area (Å²) in [6.45, 7) is 0. The average Bonchev–Trinajstić information content (AvgIpc) is 3.33. The van der Waals surface area contributed by atoms with E-state index in [0.717, 1.165) is 22.6 Å². The summed E-state index contributed by atoms with van der Waals surface area (Å²) >= 11 is 9.22. The molecule has 6 heteroatoms. The van der Waals surface area contributed by atoms with Crippen molar-refractivity contribution in [1.82, 2.24) is 5.01 Å². The van der Waals surface area contributed by atoms with E-state index < -0.39 is 0 Å². The number of amides is 1. The number of carbonyl (C=O) groups excluding carboxylic acids is 1. The third-order valence-electron chi connectivity index (χ3n) is 3.94. The smallest absolute Gasteiger partial charge is 0.267 e. The highest BCUT2D eigenvalue weighted by Gasteiger charge is 2.34. The molecule has 1 aliphatic heterocycles. The van der Waals surface area contributed by atoms with Crippen LogP contribution in [0, 0.1) is 0 Å². The van der Waals surface area contributed by atoms with Crippen LogP contribution in [-0.4, -0.2) is 16.6 Å². The van der Waals surface area contributed by atoms with Crippen molar-refractivity contribution in [2.45, 2.75) is 12.5 Å². The monoisotopic (exact) mass is 372 g/mol. The van der Waals surface area contributed by atoms with Crippen molar-refractivity contribution in [1.29, 1.82) is 0 Å². The van der Waals surface area contributed by atoms with Gasteiger partial charge in [0.1, 0.15) is 0 Å². The highest BCUT2D eigenvalue weighted by atomic mass is 35.5. The number of nitrogens with zero attached hydrogens (tertiary/aromatic N) is 2. The lowest BCUT2D eigenvalue weighted by molar-refractivity contribution is 0.0714. The van der Waals surface area contributed by atoms with Gasteiger partial charge in [-0.15, -0.1) is 11.3 Å². The first-order chi connectivity index (χ1) is 11.7. The lowest BCUT2D eigenvalue weighted by Gasteiger charge is -2.20. The molecule has 0 radical (unpaired) electrons. The van der Waals surface area contributed by atoms with Crippen molar-refractivity contribution in [3.63, 3.8) is 0 Å². The number of thiophene rings is 2. The number of halogens is 1. The van der Waals surface area contributed by atoms with Crippen LogP contribution in [0.1, 0.15) is 33.3 Å². The molecule has 0 unspecified atom stereocenters. The molecule has 0 N–H and O–H groups in total. The van der Waals surface area contributed by atoms with Crippen molar-refractivity contribution >= 4 is 45.9 Å². The Hall–Kier alpha value is -1.95. The Morgan fingerprint density at radius 2 is 2.00 bits per heavy atom. The van der Waals surface area contributed by atoms with Crippen LogP contribution < -0.4 is 0 Å². The Morgan fingerprint density at radius 1 is 1.17 bits per heavy atom. The van der Waals surface area contributed by atoms with Crippen LogP contribution in [0.2, 0.25) is 5.02 Å². The third-order valence-corrected chi connectivity index (χ3v) is 5.84. The largest absolute Gasteiger partial charge is 0.274 e. The lowest BCUT2D eigenvalue weighted by atomic mass is 10.1. The summed E-state index contributed by atoms with van der Waals surface area (Å²) in [5, 5.41) is 13.0. The van der Waals surface area contributed by atoms with Crippen molar-refractivity contribution in [3.8, 4) is 0 Å². The topological polar surface area (TPSA) is 32.7 Å². The quantitative estimate of drug-likeness (QED) is 0.601. The van der Waals surface area contributed by atoms with Gasteiger partial charge in [0.25, 0.3) is 5.91 Å². The summed E-state index contributed by atoms with van der Waals surface area (Å²) in [5.74, 6) is -0.102. The molecule has 0 fully saturated rings. The fourth-order valence-electron chi connectivity index (χ4n) is 2.73. The minimum Gasteiger partial charge on any atom is -0.267 e. The van der Waals surface area contributed by atoms with Crippen molar-refractivity contribution < 1.29 is 4.79 Å². The van der Waals surface area contributed by atoms with Gasteiger partial charge in [0.2, 0.25) is 0 Å². The number of benzene rings is 1. The number of hydrogen-bond donors (Lipinski definition) is 0. The van der Waals surface area contributed by atoms with Gasteiger partial charge in [0.15, 0.2) is 0 Å². The molecule has 0 spiro atoms. The molecular formula is C18H13ClN2OS2. The molecule has 0 bridgehead atoms. The van der Waals surface area contributed by atoms with Crippen LogP contribution >= 0.6 is 34.3 Å². The Morgan fingerprint density at radius 3 is 2.67 bits per heavy atom. The highest BCUT2D eigenvalue weighted by Crippen LogP contribution is 2.36. The first kappa shape index (κ1) is 15.6. The second kappa shape index (κ2) is 6.51. The zero-order valence-electron chi connectivity index (χ0n) is 12.6. The highest BCUT2D eigenvalue weighted by molar-refractivity contribution is 7.10. The lowest BCUT2D eigenvalue weighted by Crippen LogP contribution is -2.26. The summed E-state index contributed by atoms with van der Waals surface area (Å²) in [7, 11) is 0. The minimum absolute atomic E-state index is 0.0527. The van der Waals surface area contributed by atoms with Crippen molar-refractivity contribution in [2.75, 3.05) is 0 Å². The molecule has 0 saturated carbocycles. The Balaban J connectivity index is 1.70. The minimum atomic E-state index is -0.102. The maximum absolute atomic E-state index is 13.0. The van der Waals surface area contributed by atoms with E-state index in [1.54, 1.807) is 51.9 Å². The number of carbonyl (C=O) groups is 1. The van der Waals surface area contributed by atoms with Crippen LogP contribution in [0.4, 0.5) is 0 Å². The molecule has 0 aliphatic carbocycles. The van der Waals surface area contributed by atoms with E-state index in [1.165, 1.54) is 0 Å². The van der Waals surface area contributed by atoms with Gasteiger partial charge >= 0.3 is 0 Å². The first-order valence-electron chi connectivity index (χ1n) is 7.45. The molecule has 4 rings (SSSR count). The number of hydrogen-bond acceptors (Lipinski definition) is 4. The SMILES string of the molecule is O=C(c1ccc(Cl)cc1)N1N=C(c2ccsc2)C[C@@H]1c1cccs1. The molecule has 0 saturated heterocycles. The van der Waals surface area contributed by atoms with Crippen LogP contribution in [0.5, 0.6) is 0 Å². The number of rotatable bonds is 3. The molecule has 3 aromatic rings. The van der Waals surface area contributed by atoms with Gasteiger partial charge in [0, 0.05) is 27.4 Å². The van der Waals surface area contributed by atoms with E-state index in [2.05, 4.69) is 16.5 Å². The van der Waals surface area contributed by atoms with Gasteiger partial charge in [0.05, 0.1) is 11.8 Å². The summed E-state index contributed by atoms with van der Waals surface area (Å²) in [5.41, 5.74) is 2.64. The van der Waals surface area contributed by atoms with Gasteiger partial charge in [-0.25, -0.2) is 5.01 Å². The molecule has 24 heavy (non-hydrogen) atoms. The van der Waals surface area contributed by atoms with E-state index >= 15 is 0 Å². The fraction of sp³-hybridized carbons (Fsp3) is 0.111. The van der Waals surface area contributed by atoms with Gasteiger partial charge in [-0.1, -0.05) is 17.7 Å². The van der Waals surface area contributed by atoms with Crippen LogP contribution in [0.25, 0.3) is 0 Å². The zero-order chi connectivity index (χ0) is 16.5.